The lowest BCUT2D eigenvalue weighted by molar-refractivity contribution is 0.406. The second kappa shape index (κ2) is 4.64. The van der Waals surface area contributed by atoms with Gasteiger partial charge in [-0.05, 0) is 44.5 Å². The van der Waals surface area contributed by atoms with Gasteiger partial charge in [-0.25, -0.2) is 0 Å². The van der Waals surface area contributed by atoms with Crippen LogP contribution in [0.3, 0.4) is 0 Å². The van der Waals surface area contributed by atoms with E-state index in [-0.39, 0.29) is 0 Å². The van der Waals surface area contributed by atoms with Crippen LogP contribution in [-0.4, -0.2) is 25.2 Å². The van der Waals surface area contributed by atoms with E-state index in [0.717, 1.165) is 18.1 Å². The summed E-state index contributed by atoms with van der Waals surface area (Å²) in [4.78, 5) is 2.44. The van der Waals surface area contributed by atoms with Gasteiger partial charge in [0.2, 0.25) is 0 Å². The summed E-state index contributed by atoms with van der Waals surface area (Å²) < 4.78 is 0. The molecule has 3 heteroatoms. The highest BCUT2D eigenvalue weighted by atomic mass is 35.5. The van der Waals surface area contributed by atoms with Gasteiger partial charge in [0.05, 0.1) is 0 Å². The van der Waals surface area contributed by atoms with Crippen LogP contribution in [0.5, 0.6) is 0 Å². The van der Waals surface area contributed by atoms with Crippen LogP contribution >= 0.6 is 11.6 Å². The molecule has 88 valence electrons. The molecular weight excluding hydrogens is 220 g/mol. The second-order valence-corrected chi connectivity index (χ2v) is 5.24. The topological polar surface area (TPSA) is 15.3 Å². The summed E-state index contributed by atoms with van der Waals surface area (Å²) in [5.74, 6) is 0. The molecule has 0 radical (unpaired) electrons. The number of nitrogens with zero attached hydrogens (tertiary/aromatic N) is 1. The minimum atomic E-state index is 0.541. The molecule has 0 aromatic heterocycles. The first kappa shape index (κ1) is 11.7. The third kappa shape index (κ3) is 2.50. The van der Waals surface area contributed by atoms with E-state index in [1.54, 1.807) is 0 Å². The number of rotatable bonds is 1. The van der Waals surface area contributed by atoms with Crippen LogP contribution in [0, 0.1) is 6.92 Å². The number of benzene rings is 1. The van der Waals surface area contributed by atoms with Crippen molar-refractivity contribution in [1.82, 2.24) is 5.32 Å². The fourth-order valence-corrected chi connectivity index (χ4v) is 2.72. The van der Waals surface area contributed by atoms with Gasteiger partial charge in [0.25, 0.3) is 0 Å². The van der Waals surface area contributed by atoms with Crippen LogP contribution in [0.1, 0.15) is 19.4 Å². The van der Waals surface area contributed by atoms with Crippen LogP contribution in [0.4, 0.5) is 5.69 Å². The molecule has 0 saturated carbocycles. The second-order valence-electron chi connectivity index (χ2n) is 4.80. The van der Waals surface area contributed by atoms with Gasteiger partial charge in [0.15, 0.2) is 0 Å². The Labute approximate surface area is 103 Å². The summed E-state index contributed by atoms with van der Waals surface area (Å²) in [6.07, 6.45) is 0. The Hall–Kier alpha value is -0.730. The van der Waals surface area contributed by atoms with Crippen molar-refractivity contribution in [2.24, 2.45) is 0 Å². The Morgan fingerprint density at radius 3 is 2.44 bits per heavy atom. The SMILES string of the molecule is Cc1cc(Cl)ccc1N1CC(C)NC(C)C1. The summed E-state index contributed by atoms with van der Waals surface area (Å²) >= 11 is 5.98. The minimum Gasteiger partial charge on any atom is -0.368 e. The van der Waals surface area contributed by atoms with Crippen LogP contribution in [0.15, 0.2) is 18.2 Å². The molecule has 16 heavy (non-hydrogen) atoms. The van der Waals surface area contributed by atoms with Crippen molar-refractivity contribution in [2.45, 2.75) is 32.9 Å². The Morgan fingerprint density at radius 1 is 1.25 bits per heavy atom. The Bertz CT molecular complexity index is 368. The minimum absolute atomic E-state index is 0.541. The molecule has 2 atom stereocenters. The number of hydrogen-bond acceptors (Lipinski definition) is 2. The molecule has 0 aliphatic carbocycles. The van der Waals surface area contributed by atoms with Gasteiger partial charge in [0, 0.05) is 35.9 Å². The van der Waals surface area contributed by atoms with Crippen molar-refractivity contribution < 1.29 is 0 Å². The third-order valence-corrected chi connectivity index (χ3v) is 3.29. The van der Waals surface area contributed by atoms with E-state index in [1.165, 1.54) is 11.3 Å². The van der Waals surface area contributed by atoms with Gasteiger partial charge in [-0.15, -0.1) is 0 Å². The Balaban J connectivity index is 2.23. The molecule has 1 N–H and O–H groups in total. The van der Waals surface area contributed by atoms with Crippen molar-refractivity contribution in [2.75, 3.05) is 18.0 Å². The monoisotopic (exact) mass is 238 g/mol. The molecule has 1 fully saturated rings. The Kier molecular flexibility index (Phi) is 3.41. The van der Waals surface area contributed by atoms with E-state index in [2.05, 4.69) is 37.1 Å². The van der Waals surface area contributed by atoms with Crippen LogP contribution in [-0.2, 0) is 0 Å². The van der Waals surface area contributed by atoms with Gasteiger partial charge < -0.3 is 10.2 Å². The van der Waals surface area contributed by atoms with E-state index in [4.69, 9.17) is 11.6 Å². The predicted octanol–water partition coefficient (Wildman–Crippen LogP) is 2.84. The highest BCUT2D eigenvalue weighted by molar-refractivity contribution is 6.30. The maximum atomic E-state index is 5.98. The first-order valence-electron chi connectivity index (χ1n) is 5.83. The lowest BCUT2D eigenvalue weighted by Crippen LogP contribution is -2.54. The smallest absolute Gasteiger partial charge is 0.0410 e. The normalized spacial score (nSPS) is 25.9. The highest BCUT2D eigenvalue weighted by Crippen LogP contribution is 2.25. The van der Waals surface area contributed by atoms with E-state index < -0.39 is 0 Å². The average Bonchev–Trinajstić information content (AvgIpc) is 2.15. The summed E-state index contributed by atoms with van der Waals surface area (Å²) in [5, 5.41) is 4.36. The van der Waals surface area contributed by atoms with Gasteiger partial charge in [-0.1, -0.05) is 11.6 Å². The third-order valence-electron chi connectivity index (χ3n) is 3.06. The quantitative estimate of drug-likeness (QED) is 0.810. The molecule has 1 heterocycles. The Morgan fingerprint density at radius 2 is 1.88 bits per heavy atom. The van der Waals surface area contributed by atoms with Crippen molar-refractivity contribution in [3.63, 3.8) is 0 Å². The van der Waals surface area contributed by atoms with Gasteiger partial charge >= 0.3 is 0 Å². The fourth-order valence-electron chi connectivity index (χ4n) is 2.50. The molecule has 1 aromatic carbocycles. The van der Waals surface area contributed by atoms with E-state index >= 15 is 0 Å². The van der Waals surface area contributed by atoms with Crippen LogP contribution in [0.25, 0.3) is 0 Å². The zero-order valence-corrected chi connectivity index (χ0v) is 10.9. The largest absolute Gasteiger partial charge is 0.368 e. The van der Waals surface area contributed by atoms with E-state index in [0.29, 0.717) is 12.1 Å². The van der Waals surface area contributed by atoms with Crippen molar-refractivity contribution in [3.05, 3.63) is 28.8 Å². The molecule has 2 unspecified atom stereocenters. The first-order valence-corrected chi connectivity index (χ1v) is 6.21. The molecule has 2 nitrogen and oxygen atoms in total. The fraction of sp³-hybridized carbons (Fsp3) is 0.538. The summed E-state index contributed by atoms with van der Waals surface area (Å²) in [7, 11) is 0. The van der Waals surface area contributed by atoms with Crippen molar-refractivity contribution >= 4 is 17.3 Å². The summed E-state index contributed by atoms with van der Waals surface area (Å²) in [5.41, 5.74) is 2.57. The lowest BCUT2D eigenvalue weighted by Gasteiger charge is -2.38. The maximum Gasteiger partial charge on any atom is 0.0410 e. The standard InChI is InChI=1S/C13H19ClN2/c1-9-6-12(14)4-5-13(9)16-7-10(2)15-11(3)8-16/h4-6,10-11,15H,7-8H2,1-3H3. The number of aryl methyl sites for hydroxylation is 1. The number of halogens is 1. The molecule has 2 rings (SSSR count). The summed E-state index contributed by atoms with van der Waals surface area (Å²) in [6.45, 7) is 8.71. The predicted molar refractivity (Wildman–Crippen MR) is 70.5 cm³/mol. The number of anilines is 1. The van der Waals surface area contributed by atoms with Gasteiger partial charge in [-0.2, -0.15) is 0 Å². The van der Waals surface area contributed by atoms with Crippen LogP contribution < -0.4 is 10.2 Å². The number of hydrogen-bond donors (Lipinski definition) is 1. The van der Waals surface area contributed by atoms with Gasteiger partial charge in [0.1, 0.15) is 0 Å². The molecule has 1 aliphatic rings. The summed E-state index contributed by atoms with van der Waals surface area (Å²) in [6, 6.07) is 7.22. The molecule has 1 aliphatic heterocycles. The molecular formula is C13H19ClN2. The molecule has 1 saturated heterocycles. The zero-order chi connectivity index (χ0) is 11.7. The number of piperazine rings is 1. The van der Waals surface area contributed by atoms with E-state index in [9.17, 15) is 0 Å². The van der Waals surface area contributed by atoms with Gasteiger partial charge in [-0.3, -0.25) is 0 Å². The van der Waals surface area contributed by atoms with Crippen molar-refractivity contribution in [3.8, 4) is 0 Å². The lowest BCUT2D eigenvalue weighted by atomic mass is 10.1. The average molecular weight is 239 g/mol. The highest BCUT2D eigenvalue weighted by Gasteiger charge is 2.21. The number of nitrogens with one attached hydrogen (secondary N) is 1. The molecule has 0 spiro atoms. The molecule has 0 bridgehead atoms. The molecule has 0 amide bonds. The first-order chi connectivity index (χ1) is 7.56. The molecule has 1 aromatic rings. The zero-order valence-electron chi connectivity index (χ0n) is 10.1. The van der Waals surface area contributed by atoms with Crippen molar-refractivity contribution in [1.29, 1.82) is 0 Å². The van der Waals surface area contributed by atoms with E-state index in [1.807, 2.05) is 12.1 Å². The van der Waals surface area contributed by atoms with Crippen LogP contribution in [0.2, 0.25) is 5.02 Å². The maximum absolute atomic E-state index is 5.98.